The molecule has 4 aromatic carbocycles. The van der Waals surface area contributed by atoms with E-state index in [1.165, 1.54) is 43.5 Å². The van der Waals surface area contributed by atoms with E-state index in [4.69, 9.17) is 0 Å². The largest absolute Gasteiger partial charge is 0.0810 e. The molecule has 0 saturated heterocycles. The molecule has 0 amide bonds. The quantitative estimate of drug-likeness (QED) is 0.368. The highest BCUT2D eigenvalue weighted by atomic mass is 31.1. The highest BCUT2D eigenvalue weighted by Crippen LogP contribution is 2.40. The lowest BCUT2D eigenvalue weighted by Gasteiger charge is -2.20. The van der Waals surface area contributed by atoms with E-state index in [0.29, 0.717) is 0 Å². The Morgan fingerprint density at radius 3 is 1.80 bits per heavy atom. The van der Waals surface area contributed by atoms with Crippen LogP contribution in [0.3, 0.4) is 0 Å². The third kappa shape index (κ3) is 2.75. The van der Waals surface area contributed by atoms with Gasteiger partial charge in [-0.05, 0) is 63.3 Å². The van der Waals surface area contributed by atoms with E-state index < -0.39 is 0 Å². The molecule has 25 heavy (non-hydrogen) atoms. The Hall–Kier alpha value is -2.17. The van der Waals surface area contributed by atoms with E-state index in [2.05, 4.69) is 93.0 Å². The van der Waals surface area contributed by atoms with Crippen LogP contribution in [0.1, 0.15) is 12.5 Å². The van der Waals surface area contributed by atoms with Gasteiger partial charge >= 0.3 is 0 Å². The van der Waals surface area contributed by atoms with Crippen molar-refractivity contribution in [2.24, 2.45) is 0 Å². The molecule has 0 nitrogen and oxygen atoms in total. The van der Waals surface area contributed by atoms with Crippen LogP contribution in [-0.2, 0) is 6.42 Å². The SMILES string of the molecule is CCc1ccc2ccccc2c1-c1c(P(C)C)ccc2ccccc12. The van der Waals surface area contributed by atoms with Crippen molar-refractivity contribution in [2.75, 3.05) is 13.3 Å². The van der Waals surface area contributed by atoms with Gasteiger partial charge in [0.2, 0.25) is 0 Å². The summed E-state index contributed by atoms with van der Waals surface area (Å²) in [6.45, 7) is 6.98. The van der Waals surface area contributed by atoms with E-state index in [9.17, 15) is 0 Å². The second kappa shape index (κ2) is 6.62. The molecule has 0 fully saturated rings. The molecule has 0 aliphatic rings. The molecule has 0 unspecified atom stereocenters. The van der Waals surface area contributed by atoms with Gasteiger partial charge in [-0.2, -0.15) is 0 Å². The zero-order valence-corrected chi connectivity index (χ0v) is 16.0. The summed E-state index contributed by atoms with van der Waals surface area (Å²) in [5.74, 6) is 0. The van der Waals surface area contributed by atoms with Crippen molar-refractivity contribution in [1.82, 2.24) is 0 Å². The summed E-state index contributed by atoms with van der Waals surface area (Å²) >= 11 is 0. The van der Waals surface area contributed by atoms with Crippen LogP contribution >= 0.6 is 7.92 Å². The number of fused-ring (bicyclic) bond motifs is 2. The molecule has 4 aromatic rings. The second-order valence-corrected chi connectivity index (χ2v) is 9.02. The minimum absolute atomic E-state index is 0.186. The molecule has 0 aliphatic heterocycles. The molecule has 0 saturated carbocycles. The van der Waals surface area contributed by atoms with Gasteiger partial charge in [-0.1, -0.05) is 87.6 Å². The Bertz CT molecular complexity index is 1060. The van der Waals surface area contributed by atoms with Crippen LogP contribution in [0, 0.1) is 0 Å². The maximum absolute atomic E-state index is 2.36. The first-order valence-electron chi connectivity index (χ1n) is 8.90. The lowest BCUT2D eigenvalue weighted by molar-refractivity contribution is 1.15. The van der Waals surface area contributed by atoms with Crippen molar-refractivity contribution < 1.29 is 0 Å². The summed E-state index contributed by atoms with van der Waals surface area (Å²) in [6, 6.07) is 26.8. The Morgan fingerprint density at radius 2 is 1.20 bits per heavy atom. The predicted molar refractivity (Wildman–Crippen MR) is 115 cm³/mol. The average Bonchev–Trinajstić information content (AvgIpc) is 2.66. The standard InChI is InChI=1S/C24H23P/c1-4-17-13-14-18-9-5-7-11-20(18)23(17)24-21-12-8-6-10-19(21)15-16-22(24)25(2)3/h5-16H,4H2,1-3H3. The second-order valence-electron chi connectivity index (χ2n) is 6.75. The summed E-state index contributed by atoms with van der Waals surface area (Å²) in [5.41, 5.74) is 4.32. The zero-order chi connectivity index (χ0) is 17.4. The molecular formula is C24H23P. The molecule has 124 valence electrons. The van der Waals surface area contributed by atoms with Crippen molar-refractivity contribution in [1.29, 1.82) is 0 Å². The maximum atomic E-state index is 2.36. The van der Waals surface area contributed by atoms with Crippen molar-refractivity contribution in [3.8, 4) is 11.1 Å². The number of hydrogen-bond acceptors (Lipinski definition) is 0. The predicted octanol–water partition coefficient (Wildman–Crippen LogP) is 6.59. The number of rotatable bonds is 3. The van der Waals surface area contributed by atoms with Gasteiger partial charge < -0.3 is 0 Å². The first-order valence-corrected chi connectivity index (χ1v) is 11.1. The highest BCUT2D eigenvalue weighted by molar-refractivity contribution is 7.64. The van der Waals surface area contributed by atoms with Crippen molar-refractivity contribution >= 4 is 34.8 Å². The van der Waals surface area contributed by atoms with Crippen LogP contribution < -0.4 is 5.30 Å². The minimum atomic E-state index is -0.186. The molecular weight excluding hydrogens is 319 g/mol. The van der Waals surface area contributed by atoms with Gasteiger partial charge in [0, 0.05) is 0 Å². The van der Waals surface area contributed by atoms with E-state index in [1.54, 1.807) is 0 Å². The Kier molecular flexibility index (Phi) is 4.32. The number of aryl methyl sites for hydroxylation is 1. The summed E-state index contributed by atoms with van der Waals surface area (Å²) in [4.78, 5) is 0. The van der Waals surface area contributed by atoms with Gasteiger partial charge in [-0.15, -0.1) is 0 Å². The normalized spacial score (nSPS) is 11.5. The van der Waals surface area contributed by atoms with Gasteiger partial charge in [0.15, 0.2) is 0 Å². The maximum Gasteiger partial charge on any atom is -0.00196 e. The zero-order valence-electron chi connectivity index (χ0n) is 15.1. The van der Waals surface area contributed by atoms with Gasteiger partial charge in [-0.3, -0.25) is 0 Å². The van der Waals surface area contributed by atoms with Gasteiger partial charge in [0.1, 0.15) is 0 Å². The Morgan fingerprint density at radius 1 is 0.640 bits per heavy atom. The molecule has 0 spiro atoms. The molecule has 0 aromatic heterocycles. The number of hydrogen-bond donors (Lipinski definition) is 0. The van der Waals surface area contributed by atoms with Gasteiger partial charge in [0.25, 0.3) is 0 Å². The van der Waals surface area contributed by atoms with E-state index in [-0.39, 0.29) is 7.92 Å². The lowest BCUT2D eigenvalue weighted by atomic mass is 9.89. The molecule has 4 rings (SSSR count). The summed E-state index contributed by atoms with van der Waals surface area (Å²) < 4.78 is 0. The smallest absolute Gasteiger partial charge is 0.00196 e. The molecule has 0 N–H and O–H groups in total. The van der Waals surface area contributed by atoms with E-state index in [1.807, 2.05) is 0 Å². The van der Waals surface area contributed by atoms with Crippen LogP contribution in [0.25, 0.3) is 32.7 Å². The van der Waals surface area contributed by atoms with Crippen LogP contribution in [-0.4, -0.2) is 13.3 Å². The third-order valence-electron chi connectivity index (χ3n) is 5.04. The van der Waals surface area contributed by atoms with Crippen molar-refractivity contribution in [3.63, 3.8) is 0 Å². The lowest BCUT2D eigenvalue weighted by Crippen LogP contribution is -2.07. The summed E-state index contributed by atoms with van der Waals surface area (Å²) in [5, 5.41) is 6.90. The topological polar surface area (TPSA) is 0 Å². The van der Waals surface area contributed by atoms with Crippen molar-refractivity contribution in [3.05, 3.63) is 78.4 Å². The van der Waals surface area contributed by atoms with Crippen LogP contribution in [0.4, 0.5) is 0 Å². The monoisotopic (exact) mass is 342 g/mol. The minimum Gasteiger partial charge on any atom is -0.0810 e. The summed E-state index contributed by atoms with van der Waals surface area (Å²) in [6.07, 6.45) is 1.05. The molecule has 0 bridgehead atoms. The fourth-order valence-corrected chi connectivity index (χ4v) is 4.85. The fraction of sp³-hybridized carbons (Fsp3) is 0.167. The van der Waals surface area contributed by atoms with Gasteiger partial charge in [0.05, 0.1) is 0 Å². The van der Waals surface area contributed by atoms with E-state index in [0.717, 1.165) is 6.42 Å². The Labute approximate surface area is 151 Å². The summed E-state index contributed by atoms with van der Waals surface area (Å²) in [7, 11) is -0.186. The molecule has 0 atom stereocenters. The number of benzene rings is 4. The molecule has 1 heteroatoms. The van der Waals surface area contributed by atoms with Crippen molar-refractivity contribution in [2.45, 2.75) is 13.3 Å². The molecule has 0 heterocycles. The molecule has 0 radical (unpaired) electrons. The highest BCUT2D eigenvalue weighted by Gasteiger charge is 2.17. The van der Waals surface area contributed by atoms with Crippen LogP contribution in [0.2, 0.25) is 0 Å². The first kappa shape index (κ1) is 16.3. The van der Waals surface area contributed by atoms with E-state index >= 15 is 0 Å². The first-order chi connectivity index (χ1) is 12.2. The molecule has 0 aliphatic carbocycles. The average molecular weight is 342 g/mol. The van der Waals surface area contributed by atoms with Crippen LogP contribution in [0.5, 0.6) is 0 Å². The van der Waals surface area contributed by atoms with Gasteiger partial charge in [-0.25, -0.2) is 0 Å². The fourth-order valence-electron chi connectivity index (χ4n) is 3.80. The van der Waals surface area contributed by atoms with Crippen LogP contribution in [0.15, 0.2) is 72.8 Å². The third-order valence-corrected chi connectivity index (χ3v) is 6.37. The Balaban J connectivity index is 2.22.